The van der Waals surface area contributed by atoms with Crippen molar-refractivity contribution in [1.29, 1.82) is 0 Å². The predicted octanol–water partition coefficient (Wildman–Crippen LogP) is 2.97. The lowest BCUT2D eigenvalue weighted by atomic mass is 9.84. The molecule has 3 nitrogen and oxygen atoms in total. The van der Waals surface area contributed by atoms with Crippen molar-refractivity contribution in [2.75, 3.05) is 7.11 Å². The van der Waals surface area contributed by atoms with Gasteiger partial charge in [-0.3, -0.25) is 0 Å². The molecular formula is C13H19ClN2O. The van der Waals surface area contributed by atoms with E-state index in [1.165, 1.54) is 0 Å². The minimum Gasteiger partial charge on any atom is -0.494 e. The predicted molar refractivity (Wildman–Crippen MR) is 69.5 cm³/mol. The molecule has 0 aliphatic heterocycles. The van der Waals surface area contributed by atoms with Crippen LogP contribution in [-0.4, -0.2) is 18.1 Å². The maximum atomic E-state index is 6.32. The van der Waals surface area contributed by atoms with E-state index >= 15 is 0 Å². The fraction of sp³-hybridized carbons (Fsp3) is 0.615. The lowest BCUT2D eigenvalue weighted by Crippen LogP contribution is -2.35. The molecule has 0 amide bonds. The van der Waals surface area contributed by atoms with Crippen LogP contribution >= 0.6 is 11.6 Å². The highest BCUT2D eigenvalue weighted by molar-refractivity contribution is 6.30. The maximum absolute atomic E-state index is 6.32. The van der Waals surface area contributed by atoms with Crippen molar-refractivity contribution in [1.82, 2.24) is 4.98 Å². The van der Waals surface area contributed by atoms with Gasteiger partial charge in [0, 0.05) is 18.2 Å². The topological polar surface area (TPSA) is 48.1 Å². The standard InChI is InChI=1S/C13H19ClN2O/c1-13(2)5-4-9(11(13)15)8-6-10(17-3)12(14)16-7-8/h6-7,9,11H,4-5,15H2,1-3H3. The number of hydrogen-bond donors (Lipinski definition) is 1. The van der Waals surface area contributed by atoms with E-state index in [1.54, 1.807) is 7.11 Å². The number of hydrogen-bond acceptors (Lipinski definition) is 3. The van der Waals surface area contributed by atoms with Crippen molar-refractivity contribution in [3.8, 4) is 5.75 Å². The van der Waals surface area contributed by atoms with E-state index in [0.29, 0.717) is 16.8 Å². The summed E-state index contributed by atoms with van der Waals surface area (Å²) in [5.74, 6) is 0.977. The number of nitrogens with two attached hydrogens (primary N) is 1. The van der Waals surface area contributed by atoms with Crippen LogP contribution in [0.2, 0.25) is 5.15 Å². The lowest BCUT2D eigenvalue weighted by molar-refractivity contribution is 0.322. The number of rotatable bonds is 2. The SMILES string of the molecule is COc1cc(C2CCC(C)(C)C2N)cnc1Cl. The summed E-state index contributed by atoms with van der Waals surface area (Å²) in [5.41, 5.74) is 7.64. The maximum Gasteiger partial charge on any atom is 0.171 e. The molecule has 1 saturated carbocycles. The van der Waals surface area contributed by atoms with Gasteiger partial charge in [-0.15, -0.1) is 0 Å². The van der Waals surface area contributed by atoms with E-state index in [4.69, 9.17) is 22.1 Å². The van der Waals surface area contributed by atoms with Gasteiger partial charge >= 0.3 is 0 Å². The van der Waals surface area contributed by atoms with Crippen LogP contribution in [0.5, 0.6) is 5.75 Å². The summed E-state index contributed by atoms with van der Waals surface area (Å²) in [7, 11) is 1.60. The molecule has 2 N–H and O–H groups in total. The first-order valence-corrected chi connectivity index (χ1v) is 6.28. The number of methoxy groups -OCH3 is 1. The monoisotopic (exact) mass is 254 g/mol. The molecule has 1 aliphatic carbocycles. The van der Waals surface area contributed by atoms with Crippen LogP contribution in [0.25, 0.3) is 0 Å². The van der Waals surface area contributed by atoms with Crippen LogP contribution in [0.1, 0.15) is 38.2 Å². The second-order valence-corrected chi connectivity index (χ2v) is 5.78. The van der Waals surface area contributed by atoms with Gasteiger partial charge in [-0.2, -0.15) is 0 Å². The Balaban J connectivity index is 2.30. The van der Waals surface area contributed by atoms with Crippen LogP contribution in [-0.2, 0) is 0 Å². The van der Waals surface area contributed by atoms with Gasteiger partial charge in [-0.1, -0.05) is 25.4 Å². The van der Waals surface area contributed by atoms with E-state index in [9.17, 15) is 0 Å². The van der Waals surface area contributed by atoms with Gasteiger partial charge in [0.2, 0.25) is 0 Å². The zero-order chi connectivity index (χ0) is 12.6. The normalized spacial score (nSPS) is 27.1. The molecule has 17 heavy (non-hydrogen) atoms. The third kappa shape index (κ3) is 2.26. The van der Waals surface area contributed by atoms with Crippen LogP contribution in [0.3, 0.4) is 0 Å². The minimum atomic E-state index is 0.162. The molecule has 0 radical (unpaired) electrons. The van der Waals surface area contributed by atoms with E-state index < -0.39 is 0 Å². The minimum absolute atomic E-state index is 0.162. The molecule has 1 heterocycles. The van der Waals surface area contributed by atoms with Crippen LogP contribution in [0, 0.1) is 5.41 Å². The smallest absolute Gasteiger partial charge is 0.171 e. The summed E-state index contributed by atoms with van der Waals surface area (Å²) in [4.78, 5) is 4.16. The Morgan fingerprint density at radius 1 is 1.53 bits per heavy atom. The Kier molecular flexibility index (Phi) is 3.32. The third-order valence-corrected chi connectivity index (χ3v) is 4.20. The average Bonchev–Trinajstić information content (AvgIpc) is 2.56. The summed E-state index contributed by atoms with van der Waals surface area (Å²) in [5, 5.41) is 0.405. The highest BCUT2D eigenvalue weighted by Crippen LogP contribution is 2.45. The molecule has 1 aromatic heterocycles. The van der Waals surface area contributed by atoms with E-state index in [2.05, 4.69) is 18.8 Å². The summed E-state index contributed by atoms with van der Waals surface area (Å²) < 4.78 is 5.20. The Labute approximate surface area is 107 Å². The van der Waals surface area contributed by atoms with Gasteiger partial charge in [0.1, 0.15) is 0 Å². The molecule has 1 aromatic rings. The van der Waals surface area contributed by atoms with Gasteiger partial charge < -0.3 is 10.5 Å². The molecule has 2 rings (SSSR count). The Bertz CT molecular complexity index is 420. The molecule has 1 fully saturated rings. The number of aromatic nitrogens is 1. The van der Waals surface area contributed by atoms with Gasteiger partial charge in [-0.05, 0) is 29.9 Å². The first-order chi connectivity index (χ1) is 7.95. The van der Waals surface area contributed by atoms with E-state index in [1.807, 2.05) is 12.3 Å². The van der Waals surface area contributed by atoms with Gasteiger partial charge in [0.25, 0.3) is 0 Å². The van der Waals surface area contributed by atoms with E-state index in [0.717, 1.165) is 18.4 Å². The molecule has 0 spiro atoms. The largest absolute Gasteiger partial charge is 0.494 e. The molecule has 2 unspecified atom stereocenters. The highest BCUT2D eigenvalue weighted by atomic mass is 35.5. The Morgan fingerprint density at radius 2 is 2.24 bits per heavy atom. The quantitative estimate of drug-likeness (QED) is 0.826. The summed E-state index contributed by atoms with van der Waals surface area (Å²) in [6.45, 7) is 4.44. The van der Waals surface area contributed by atoms with Crippen molar-refractivity contribution in [3.05, 3.63) is 23.0 Å². The first-order valence-electron chi connectivity index (χ1n) is 5.91. The summed E-state index contributed by atoms with van der Waals surface area (Å²) >= 11 is 5.93. The van der Waals surface area contributed by atoms with Crippen molar-refractivity contribution in [2.45, 2.75) is 38.6 Å². The van der Waals surface area contributed by atoms with Gasteiger partial charge in [0.05, 0.1) is 7.11 Å². The van der Waals surface area contributed by atoms with Crippen molar-refractivity contribution in [3.63, 3.8) is 0 Å². The number of nitrogens with zero attached hydrogens (tertiary/aromatic N) is 1. The second kappa shape index (κ2) is 4.46. The number of pyridine rings is 1. The van der Waals surface area contributed by atoms with Gasteiger partial charge in [-0.25, -0.2) is 4.98 Å². The second-order valence-electron chi connectivity index (χ2n) is 5.42. The van der Waals surface area contributed by atoms with E-state index in [-0.39, 0.29) is 11.5 Å². The first kappa shape index (κ1) is 12.7. The Hall–Kier alpha value is -0.800. The molecular weight excluding hydrogens is 236 g/mol. The summed E-state index contributed by atoms with van der Waals surface area (Å²) in [6, 6.07) is 2.12. The zero-order valence-corrected chi connectivity index (χ0v) is 11.3. The molecule has 0 bridgehead atoms. The third-order valence-electron chi connectivity index (χ3n) is 3.91. The number of halogens is 1. The molecule has 0 aromatic carbocycles. The molecule has 0 saturated heterocycles. The van der Waals surface area contributed by atoms with Crippen molar-refractivity contribution >= 4 is 11.6 Å². The average molecular weight is 255 g/mol. The lowest BCUT2D eigenvalue weighted by Gasteiger charge is -2.27. The van der Waals surface area contributed by atoms with Crippen LogP contribution < -0.4 is 10.5 Å². The summed E-state index contributed by atoms with van der Waals surface area (Å²) in [6.07, 6.45) is 4.06. The van der Waals surface area contributed by atoms with Crippen LogP contribution in [0.4, 0.5) is 0 Å². The molecule has 94 valence electrons. The fourth-order valence-corrected chi connectivity index (χ4v) is 2.76. The Morgan fingerprint density at radius 3 is 2.76 bits per heavy atom. The van der Waals surface area contributed by atoms with Crippen molar-refractivity contribution in [2.24, 2.45) is 11.1 Å². The molecule has 1 aliphatic rings. The van der Waals surface area contributed by atoms with Gasteiger partial charge in [0.15, 0.2) is 10.9 Å². The number of ether oxygens (including phenoxy) is 1. The zero-order valence-electron chi connectivity index (χ0n) is 10.5. The van der Waals surface area contributed by atoms with Crippen molar-refractivity contribution < 1.29 is 4.74 Å². The van der Waals surface area contributed by atoms with Crippen LogP contribution in [0.15, 0.2) is 12.3 Å². The molecule has 2 atom stereocenters. The molecule has 4 heteroatoms. The fourth-order valence-electron chi connectivity index (χ4n) is 2.58. The highest BCUT2D eigenvalue weighted by Gasteiger charge is 2.40.